The molecule has 0 atom stereocenters. The largest absolute Gasteiger partial charge is 0.465 e. The van der Waals surface area contributed by atoms with Crippen LogP contribution >= 0.6 is 23.5 Å². The van der Waals surface area contributed by atoms with E-state index in [1.165, 1.54) is 241 Å². The predicted octanol–water partition coefficient (Wildman–Crippen LogP) is 14.0. The highest BCUT2D eigenvalue weighted by Crippen LogP contribution is 2.18. The summed E-state index contributed by atoms with van der Waals surface area (Å²) in [7, 11) is 0.0694. The summed E-state index contributed by atoms with van der Waals surface area (Å²) >= 11 is 4.43. The fourth-order valence-electron chi connectivity index (χ4n) is 6.52. The fraction of sp³-hybridized carbons (Fsp3) is 1.00. The summed E-state index contributed by atoms with van der Waals surface area (Å²) in [5, 5.41) is 0. The summed E-state index contributed by atoms with van der Waals surface area (Å²) in [6, 6.07) is 2.82. The molecule has 0 bridgehead atoms. The molecule has 0 aromatic heterocycles. The zero-order valence-electron chi connectivity index (χ0n) is 31.7. The van der Waals surface area contributed by atoms with E-state index in [9.17, 15) is 0 Å². The first kappa shape index (κ1) is 46.1. The number of unbranched alkanes of at least 4 members (excludes halogenated alkanes) is 30. The van der Waals surface area contributed by atoms with Crippen LogP contribution in [0.1, 0.15) is 219 Å². The van der Waals surface area contributed by atoms with Gasteiger partial charge in [0.05, 0.1) is 0 Å². The van der Waals surface area contributed by atoms with Gasteiger partial charge in [0.25, 0.3) is 0 Å². The van der Waals surface area contributed by atoms with E-state index in [2.05, 4.69) is 37.4 Å². The molecule has 0 aliphatic rings. The monoisotopic (exact) mass is 703 g/mol. The molecule has 0 heterocycles. The van der Waals surface area contributed by atoms with E-state index in [0.29, 0.717) is 0 Å². The Morgan fingerprint density at radius 2 is 0.556 bits per heavy atom. The highest BCUT2D eigenvalue weighted by Gasteiger charge is 2.09. The topological polar surface area (TPSA) is 9.23 Å². The third kappa shape index (κ3) is 41.2. The molecule has 0 aromatic carbocycles. The molecule has 0 fully saturated rings. The van der Waals surface area contributed by atoms with Gasteiger partial charge in [-0.2, -0.15) is 23.5 Å². The first-order chi connectivity index (χ1) is 22.3. The molecule has 0 aliphatic heterocycles. The second kappa shape index (κ2) is 43.1. The molecule has 45 heavy (non-hydrogen) atoms. The SMILES string of the molecule is CCCCCCCCCCCCCCCCCCSCC[SiH](CCSCCCCCCCCCCCCCCCCCC)O[SiH3]. The summed E-state index contributed by atoms with van der Waals surface area (Å²) in [5.74, 6) is 5.49. The van der Waals surface area contributed by atoms with Crippen molar-refractivity contribution in [2.24, 2.45) is 0 Å². The summed E-state index contributed by atoms with van der Waals surface area (Å²) in [4.78, 5) is 0. The molecule has 5 heteroatoms. The van der Waals surface area contributed by atoms with Gasteiger partial charge in [-0.25, -0.2) is 0 Å². The number of rotatable bonds is 41. The lowest BCUT2D eigenvalue weighted by molar-refractivity contribution is 0.531. The van der Waals surface area contributed by atoms with E-state index in [0.717, 1.165) is 10.5 Å². The normalized spacial score (nSPS) is 11.8. The van der Waals surface area contributed by atoms with E-state index >= 15 is 0 Å². The molecule has 0 amide bonds. The first-order valence-corrected chi connectivity index (χ1v) is 26.3. The molecule has 0 saturated heterocycles. The standard InChI is InChI=1S/C40H86OS2Si2/c1-3-5-7-9-11-13-15-17-19-21-23-25-27-29-31-33-35-42-37-39-45(41-44)40-38-43-36-34-32-30-28-26-24-22-20-18-16-14-12-10-8-6-4-2/h45H,3-40H2,1-2,44H3. The molecule has 0 aliphatic carbocycles. The Bertz CT molecular complexity index is 469. The highest BCUT2D eigenvalue weighted by atomic mass is 32.2. The van der Waals surface area contributed by atoms with Crippen LogP contribution in [-0.2, 0) is 4.12 Å². The van der Waals surface area contributed by atoms with Gasteiger partial charge in [-0.15, -0.1) is 0 Å². The number of hydrogen-bond acceptors (Lipinski definition) is 3. The number of thioether (sulfide) groups is 2. The van der Waals surface area contributed by atoms with Gasteiger partial charge < -0.3 is 4.12 Å². The van der Waals surface area contributed by atoms with Crippen LogP contribution in [0.25, 0.3) is 0 Å². The Morgan fingerprint density at radius 3 is 0.778 bits per heavy atom. The molecule has 0 rings (SSSR count). The van der Waals surface area contributed by atoms with Crippen molar-refractivity contribution < 1.29 is 4.12 Å². The minimum atomic E-state index is -0.888. The zero-order chi connectivity index (χ0) is 32.6. The van der Waals surface area contributed by atoms with Gasteiger partial charge in [0.2, 0.25) is 0 Å². The third-order valence-electron chi connectivity index (χ3n) is 9.79. The van der Waals surface area contributed by atoms with Crippen molar-refractivity contribution in [2.45, 2.75) is 231 Å². The minimum absolute atomic E-state index is 0.888. The third-order valence-corrected chi connectivity index (χ3v) is 17.4. The quantitative estimate of drug-likeness (QED) is 0.0464. The average molecular weight is 703 g/mol. The van der Waals surface area contributed by atoms with Crippen LogP contribution in [0.5, 0.6) is 0 Å². The molecule has 1 nitrogen and oxygen atoms in total. The fourth-order valence-corrected chi connectivity index (χ4v) is 13.4. The van der Waals surface area contributed by atoms with Gasteiger partial charge in [-0.05, 0) is 47.9 Å². The lowest BCUT2D eigenvalue weighted by Crippen LogP contribution is -2.18. The lowest BCUT2D eigenvalue weighted by atomic mass is 10.0. The van der Waals surface area contributed by atoms with Crippen molar-refractivity contribution >= 4 is 43.1 Å². The smallest absolute Gasteiger partial charge is 0.163 e. The maximum atomic E-state index is 6.08. The Balaban J connectivity index is 3.24. The summed E-state index contributed by atoms with van der Waals surface area (Å²) in [6.07, 6.45) is 46.9. The van der Waals surface area contributed by atoms with Crippen molar-refractivity contribution in [1.82, 2.24) is 0 Å². The molecule has 0 N–H and O–H groups in total. The Kier molecular flexibility index (Phi) is 44.2. The molecular formula is C40H86OS2Si2. The van der Waals surface area contributed by atoms with Gasteiger partial charge in [-0.3, -0.25) is 0 Å². The van der Waals surface area contributed by atoms with E-state index in [4.69, 9.17) is 4.12 Å². The van der Waals surface area contributed by atoms with Gasteiger partial charge in [0.1, 0.15) is 10.5 Å². The average Bonchev–Trinajstić information content (AvgIpc) is 3.05. The number of hydrogen-bond donors (Lipinski definition) is 0. The van der Waals surface area contributed by atoms with E-state index in [-0.39, 0.29) is 0 Å². The summed E-state index contributed by atoms with van der Waals surface area (Å²) in [5.41, 5.74) is 0. The van der Waals surface area contributed by atoms with Crippen molar-refractivity contribution in [1.29, 1.82) is 0 Å². The summed E-state index contributed by atoms with van der Waals surface area (Å²) < 4.78 is 6.08. The van der Waals surface area contributed by atoms with Gasteiger partial charge in [-0.1, -0.05) is 206 Å². The van der Waals surface area contributed by atoms with Crippen LogP contribution in [0.4, 0.5) is 0 Å². The zero-order valence-corrected chi connectivity index (χ0v) is 36.5. The van der Waals surface area contributed by atoms with Crippen molar-refractivity contribution in [3.8, 4) is 0 Å². The Hall–Kier alpha value is 1.09. The molecule has 0 spiro atoms. The molecule has 0 radical (unpaired) electrons. The van der Waals surface area contributed by atoms with Gasteiger partial charge >= 0.3 is 0 Å². The molecule has 0 aromatic rings. The van der Waals surface area contributed by atoms with Crippen LogP contribution < -0.4 is 0 Å². The van der Waals surface area contributed by atoms with E-state index < -0.39 is 9.04 Å². The first-order valence-electron chi connectivity index (χ1n) is 21.0. The second-order valence-electron chi connectivity index (χ2n) is 14.3. The molecule has 0 unspecified atom stereocenters. The van der Waals surface area contributed by atoms with Gasteiger partial charge in [0, 0.05) is 0 Å². The minimum Gasteiger partial charge on any atom is -0.465 e. The predicted molar refractivity (Wildman–Crippen MR) is 222 cm³/mol. The van der Waals surface area contributed by atoms with Crippen LogP contribution in [0.3, 0.4) is 0 Å². The maximum Gasteiger partial charge on any atom is 0.163 e. The molecular weight excluding hydrogens is 617 g/mol. The van der Waals surface area contributed by atoms with Crippen molar-refractivity contribution in [3.05, 3.63) is 0 Å². The van der Waals surface area contributed by atoms with E-state index in [1.807, 2.05) is 0 Å². The second-order valence-corrected chi connectivity index (χ2v) is 21.0. The van der Waals surface area contributed by atoms with Crippen LogP contribution in [0, 0.1) is 0 Å². The lowest BCUT2D eigenvalue weighted by Gasteiger charge is -2.13. The Labute approximate surface area is 300 Å². The van der Waals surface area contributed by atoms with Crippen molar-refractivity contribution in [2.75, 3.05) is 23.0 Å². The van der Waals surface area contributed by atoms with Gasteiger partial charge in [0.15, 0.2) is 9.04 Å². The van der Waals surface area contributed by atoms with E-state index in [1.54, 1.807) is 0 Å². The highest BCUT2D eigenvalue weighted by molar-refractivity contribution is 7.99. The van der Waals surface area contributed by atoms with Crippen LogP contribution in [0.2, 0.25) is 12.1 Å². The Morgan fingerprint density at radius 1 is 0.333 bits per heavy atom. The van der Waals surface area contributed by atoms with Crippen molar-refractivity contribution in [3.63, 3.8) is 0 Å². The molecule has 272 valence electrons. The maximum absolute atomic E-state index is 6.08. The van der Waals surface area contributed by atoms with Crippen LogP contribution in [0.15, 0.2) is 0 Å². The molecule has 0 saturated carbocycles. The summed E-state index contributed by atoms with van der Waals surface area (Å²) in [6.45, 7) is 4.62. The van der Waals surface area contributed by atoms with Crippen LogP contribution in [-0.4, -0.2) is 42.5 Å².